The summed E-state index contributed by atoms with van der Waals surface area (Å²) in [6.07, 6.45) is 0.405. The van der Waals surface area contributed by atoms with Crippen molar-refractivity contribution >= 4 is 11.7 Å². The van der Waals surface area contributed by atoms with Crippen LogP contribution in [-0.2, 0) is 0 Å². The number of anilines is 1. The van der Waals surface area contributed by atoms with Crippen LogP contribution in [0.1, 0.15) is 16.9 Å². The summed E-state index contributed by atoms with van der Waals surface area (Å²) in [5, 5.41) is 6.87. The lowest BCUT2D eigenvalue weighted by Gasteiger charge is -2.01. The first-order chi connectivity index (χ1) is 6.15. The number of aryl methyl sites for hydroxylation is 1. The third-order valence-electron chi connectivity index (χ3n) is 1.68. The fraction of sp³-hybridized carbons (Fsp3) is 0.500. The standard InChI is InChI=1S/C8H14N4O/c1-6-5-7(9)12(11-6)8(13)3-4-10-2/h5,10H,3-4,9H2,1-2H3. The van der Waals surface area contributed by atoms with E-state index in [0.29, 0.717) is 18.8 Å². The van der Waals surface area contributed by atoms with Gasteiger partial charge in [-0.05, 0) is 14.0 Å². The summed E-state index contributed by atoms with van der Waals surface area (Å²) in [5.41, 5.74) is 6.33. The van der Waals surface area contributed by atoms with Gasteiger partial charge in [0.1, 0.15) is 5.82 Å². The van der Waals surface area contributed by atoms with E-state index >= 15 is 0 Å². The first-order valence-corrected chi connectivity index (χ1v) is 4.15. The van der Waals surface area contributed by atoms with E-state index in [1.165, 1.54) is 4.68 Å². The number of carbonyl (C=O) groups excluding carboxylic acids is 1. The summed E-state index contributed by atoms with van der Waals surface area (Å²) in [7, 11) is 1.80. The summed E-state index contributed by atoms with van der Waals surface area (Å²) < 4.78 is 1.24. The molecule has 1 rings (SSSR count). The lowest BCUT2D eigenvalue weighted by Crippen LogP contribution is -2.20. The Morgan fingerprint density at radius 3 is 2.92 bits per heavy atom. The van der Waals surface area contributed by atoms with Crippen molar-refractivity contribution in [1.29, 1.82) is 0 Å². The first kappa shape index (κ1) is 9.73. The number of nitrogens with one attached hydrogen (secondary N) is 1. The summed E-state index contributed by atoms with van der Waals surface area (Å²) in [4.78, 5) is 11.4. The molecule has 0 aliphatic carbocycles. The third kappa shape index (κ3) is 2.29. The van der Waals surface area contributed by atoms with Gasteiger partial charge < -0.3 is 11.1 Å². The second kappa shape index (κ2) is 4.04. The van der Waals surface area contributed by atoms with Crippen LogP contribution >= 0.6 is 0 Å². The van der Waals surface area contributed by atoms with Crippen LogP contribution < -0.4 is 11.1 Å². The number of nitrogen functional groups attached to an aromatic ring is 1. The predicted octanol–water partition coefficient (Wildman–Crippen LogP) is 0.0234. The van der Waals surface area contributed by atoms with Gasteiger partial charge in [0.2, 0.25) is 5.91 Å². The quantitative estimate of drug-likeness (QED) is 0.691. The Kier molecular flexibility index (Phi) is 3.02. The van der Waals surface area contributed by atoms with Crippen molar-refractivity contribution in [2.24, 2.45) is 0 Å². The molecule has 1 aromatic rings. The number of carbonyl (C=O) groups is 1. The average Bonchev–Trinajstić information content (AvgIpc) is 2.41. The number of nitrogens with zero attached hydrogens (tertiary/aromatic N) is 2. The molecule has 0 spiro atoms. The SMILES string of the molecule is CNCCC(=O)n1nc(C)cc1N. The van der Waals surface area contributed by atoms with E-state index < -0.39 is 0 Å². The molecule has 0 saturated carbocycles. The Morgan fingerprint density at radius 2 is 2.46 bits per heavy atom. The van der Waals surface area contributed by atoms with Gasteiger partial charge in [-0.1, -0.05) is 0 Å². The van der Waals surface area contributed by atoms with Crippen molar-refractivity contribution in [2.45, 2.75) is 13.3 Å². The van der Waals surface area contributed by atoms with Gasteiger partial charge in [0, 0.05) is 19.0 Å². The van der Waals surface area contributed by atoms with E-state index in [9.17, 15) is 4.79 Å². The van der Waals surface area contributed by atoms with Crippen LogP contribution in [0, 0.1) is 6.92 Å². The highest BCUT2D eigenvalue weighted by molar-refractivity contribution is 5.81. The van der Waals surface area contributed by atoms with Crippen molar-refractivity contribution in [3.63, 3.8) is 0 Å². The molecule has 0 aliphatic rings. The van der Waals surface area contributed by atoms with Gasteiger partial charge in [0.15, 0.2) is 0 Å². The summed E-state index contributed by atoms with van der Waals surface area (Å²) in [5.74, 6) is 0.318. The molecular weight excluding hydrogens is 168 g/mol. The predicted molar refractivity (Wildman–Crippen MR) is 50.5 cm³/mol. The van der Waals surface area contributed by atoms with Gasteiger partial charge in [0.05, 0.1) is 5.69 Å². The molecule has 0 saturated heterocycles. The highest BCUT2D eigenvalue weighted by Gasteiger charge is 2.09. The minimum absolute atomic E-state index is 0.0834. The smallest absolute Gasteiger partial charge is 0.250 e. The van der Waals surface area contributed by atoms with Crippen LogP contribution in [-0.4, -0.2) is 29.3 Å². The zero-order valence-electron chi connectivity index (χ0n) is 7.87. The zero-order valence-corrected chi connectivity index (χ0v) is 7.87. The minimum atomic E-state index is -0.0834. The van der Waals surface area contributed by atoms with Gasteiger partial charge in [0.25, 0.3) is 0 Å². The van der Waals surface area contributed by atoms with Crippen LogP contribution in [0.15, 0.2) is 6.07 Å². The van der Waals surface area contributed by atoms with Crippen LogP contribution in [0.25, 0.3) is 0 Å². The Hall–Kier alpha value is -1.36. The largest absolute Gasteiger partial charge is 0.383 e. The normalized spacial score (nSPS) is 10.3. The van der Waals surface area contributed by atoms with Crippen molar-refractivity contribution in [1.82, 2.24) is 15.1 Å². The Labute approximate surface area is 76.9 Å². The van der Waals surface area contributed by atoms with E-state index in [1.807, 2.05) is 0 Å². The lowest BCUT2D eigenvalue weighted by molar-refractivity contribution is 0.0890. The maximum atomic E-state index is 11.4. The molecule has 1 heterocycles. The molecule has 0 radical (unpaired) electrons. The molecule has 0 aliphatic heterocycles. The molecule has 0 amide bonds. The molecule has 1 aromatic heterocycles. The molecule has 0 atom stereocenters. The molecule has 72 valence electrons. The van der Waals surface area contributed by atoms with Gasteiger partial charge in [-0.3, -0.25) is 4.79 Å². The number of aromatic nitrogens is 2. The number of hydrogen-bond donors (Lipinski definition) is 2. The highest BCUT2D eigenvalue weighted by atomic mass is 16.2. The molecule has 13 heavy (non-hydrogen) atoms. The summed E-state index contributed by atoms with van der Waals surface area (Å²) in [6.45, 7) is 2.44. The van der Waals surface area contributed by atoms with Crippen molar-refractivity contribution in [3.05, 3.63) is 11.8 Å². The molecule has 0 unspecified atom stereocenters. The fourth-order valence-electron chi connectivity index (χ4n) is 1.06. The first-order valence-electron chi connectivity index (χ1n) is 4.15. The van der Waals surface area contributed by atoms with Crippen molar-refractivity contribution < 1.29 is 4.79 Å². The molecule has 0 bridgehead atoms. The molecule has 3 N–H and O–H groups in total. The van der Waals surface area contributed by atoms with Gasteiger partial charge in [-0.15, -0.1) is 0 Å². The van der Waals surface area contributed by atoms with Gasteiger partial charge in [-0.25, -0.2) is 0 Å². The highest BCUT2D eigenvalue weighted by Crippen LogP contribution is 2.05. The van der Waals surface area contributed by atoms with E-state index in [2.05, 4.69) is 10.4 Å². The summed E-state index contributed by atoms with van der Waals surface area (Å²) in [6, 6.07) is 1.68. The molecule has 0 aromatic carbocycles. The maximum Gasteiger partial charge on any atom is 0.250 e. The van der Waals surface area contributed by atoms with Crippen molar-refractivity contribution in [3.8, 4) is 0 Å². The average molecular weight is 182 g/mol. The Bertz CT molecular complexity index is 305. The Morgan fingerprint density at radius 1 is 1.77 bits per heavy atom. The maximum absolute atomic E-state index is 11.4. The Balaban J connectivity index is 2.70. The number of nitrogens with two attached hydrogens (primary N) is 1. The number of rotatable bonds is 3. The third-order valence-corrected chi connectivity index (χ3v) is 1.68. The monoisotopic (exact) mass is 182 g/mol. The van der Waals surface area contributed by atoms with Gasteiger partial charge >= 0.3 is 0 Å². The van der Waals surface area contributed by atoms with Crippen molar-refractivity contribution in [2.75, 3.05) is 19.3 Å². The minimum Gasteiger partial charge on any atom is -0.383 e. The second-order valence-electron chi connectivity index (χ2n) is 2.87. The molecule has 5 nitrogen and oxygen atoms in total. The van der Waals surface area contributed by atoms with E-state index in [1.54, 1.807) is 20.0 Å². The van der Waals surface area contributed by atoms with Crippen LogP contribution in [0.5, 0.6) is 0 Å². The van der Waals surface area contributed by atoms with Gasteiger partial charge in [-0.2, -0.15) is 9.78 Å². The molecule has 0 fully saturated rings. The van der Waals surface area contributed by atoms with Crippen LogP contribution in [0.2, 0.25) is 0 Å². The van der Waals surface area contributed by atoms with E-state index in [4.69, 9.17) is 5.73 Å². The lowest BCUT2D eigenvalue weighted by atomic mass is 10.4. The topological polar surface area (TPSA) is 72.9 Å². The summed E-state index contributed by atoms with van der Waals surface area (Å²) >= 11 is 0. The second-order valence-corrected chi connectivity index (χ2v) is 2.87. The molecular formula is C8H14N4O. The van der Waals surface area contributed by atoms with E-state index in [0.717, 1.165) is 5.69 Å². The van der Waals surface area contributed by atoms with Crippen LogP contribution in [0.3, 0.4) is 0 Å². The number of hydrogen-bond acceptors (Lipinski definition) is 4. The molecule has 5 heteroatoms. The van der Waals surface area contributed by atoms with E-state index in [-0.39, 0.29) is 5.91 Å². The van der Waals surface area contributed by atoms with Crippen LogP contribution in [0.4, 0.5) is 5.82 Å². The zero-order chi connectivity index (χ0) is 9.84. The fourth-order valence-corrected chi connectivity index (χ4v) is 1.06.